The summed E-state index contributed by atoms with van der Waals surface area (Å²) >= 11 is 0. The van der Waals surface area contributed by atoms with Crippen LogP contribution in [-0.4, -0.2) is 15.7 Å². The molecule has 0 N–H and O–H groups in total. The zero-order valence-corrected chi connectivity index (χ0v) is 7.66. The monoisotopic (exact) mass is 138 g/mol. The van der Waals surface area contributed by atoms with Gasteiger partial charge >= 0.3 is 0 Å². The van der Waals surface area contributed by atoms with Crippen LogP contribution in [0.2, 0.25) is 12.6 Å². The van der Waals surface area contributed by atoms with Crippen molar-refractivity contribution >= 4 is 15.7 Å². The molecule has 0 aromatic heterocycles. The van der Waals surface area contributed by atoms with Crippen molar-refractivity contribution in [2.75, 3.05) is 0 Å². The summed E-state index contributed by atoms with van der Waals surface area (Å²) in [6, 6.07) is 0. The molecule has 0 radical (unpaired) electrons. The zero-order chi connectivity index (χ0) is 7.66. The Morgan fingerprint density at radius 1 is 0.500 bits per heavy atom. The minimum atomic E-state index is 1.37. The van der Waals surface area contributed by atoms with Crippen molar-refractivity contribution in [1.82, 2.24) is 0 Å². The standard InChI is InChI=1S/C8H20B2/c9-7-5-3-1-2-4-6-8-10/h1-10H2. The number of unbranched alkanes of at least 4 members (excludes halogenated alkanes) is 5. The molecule has 0 fully saturated rings. The first-order valence-corrected chi connectivity index (χ1v) is 4.91. The Morgan fingerprint density at radius 3 is 1.10 bits per heavy atom. The second kappa shape index (κ2) is 9.13. The van der Waals surface area contributed by atoms with Crippen molar-refractivity contribution in [1.29, 1.82) is 0 Å². The molecule has 2 heteroatoms. The van der Waals surface area contributed by atoms with Gasteiger partial charge in [-0.1, -0.05) is 51.2 Å². The minimum Gasteiger partial charge on any atom is -0.0811 e. The van der Waals surface area contributed by atoms with E-state index in [0.29, 0.717) is 0 Å². The summed E-state index contributed by atoms with van der Waals surface area (Å²) in [4.78, 5) is 0. The van der Waals surface area contributed by atoms with Gasteiger partial charge in [0.2, 0.25) is 0 Å². The van der Waals surface area contributed by atoms with Crippen molar-refractivity contribution in [2.45, 2.75) is 51.2 Å². The first-order chi connectivity index (χ1) is 4.91. The van der Waals surface area contributed by atoms with E-state index in [2.05, 4.69) is 15.7 Å². The molecule has 0 saturated heterocycles. The molecule has 10 heavy (non-hydrogen) atoms. The molecule has 0 aromatic rings. The van der Waals surface area contributed by atoms with Crippen LogP contribution in [0.4, 0.5) is 0 Å². The quantitative estimate of drug-likeness (QED) is 0.368. The van der Waals surface area contributed by atoms with E-state index < -0.39 is 0 Å². The molecule has 0 nitrogen and oxygen atoms in total. The molecule has 0 atom stereocenters. The van der Waals surface area contributed by atoms with Crippen LogP contribution in [0.5, 0.6) is 0 Å². The summed E-state index contributed by atoms with van der Waals surface area (Å²) in [5, 5.41) is 0. The van der Waals surface area contributed by atoms with Crippen LogP contribution < -0.4 is 0 Å². The van der Waals surface area contributed by atoms with E-state index in [1.165, 1.54) is 51.2 Å². The Balaban J connectivity index is 2.65. The van der Waals surface area contributed by atoms with Crippen LogP contribution in [0, 0.1) is 0 Å². The van der Waals surface area contributed by atoms with Gasteiger partial charge in [-0.2, -0.15) is 0 Å². The normalized spacial score (nSPS) is 10.0. The molecule has 0 heterocycles. The third-order valence-electron chi connectivity index (χ3n) is 1.96. The maximum Gasteiger partial charge on any atom is 0.101 e. The Hall–Kier alpha value is 0.130. The highest BCUT2D eigenvalue weighted by molar-refractivity contribution is 6.08. The van der Waals surface area contributed by atoms with Gasteiger partial charge in [-0.25, -0.2) is 0 Å². The van der Waals surface area contributed by atoms with Crippen LogP contribution in [0.25, 0.3) is 0 Å². The topological polar surface area (TPSA) is 0 Å². The summed E-state index contributed by atoms with van der Waals surface area (Å²) < 4.78 is 0. The van der Waals surface area contributed by atoms with E-state index in [-0.39, 0.29) is 0 Å². The molecule has 0 aromatic carbocycles. The van der Waals surface area contributed by atoms with Gasteiger partial charge in [0.15, 0.2) is 0 Å². The minimum absolute atomic E-state index is 1.37. The van der Waals surface area contributed by atoms with Crippen LogP contribution in [0.1, 0.15) is 38.5 Å². The maximum absolute atomic E-state index is 2.27. The third-order valence-corrected chi connectivity index (χ3v) is 1.96. The first-order valence-electron chi connectivity index (χ1n) is 4.91. The van der Waals surface area contributed by atoms with Crippen molar-refractivity contribution in [3.05, 3.63) is 0 Å². The largest absolute Gasteiger partial charge is 0.101 e. The van der Waals surface area contributed by atoms with Gasteiger partial charge in [0, 0.05) is 0 Å². The van der Waals surface area contributed by atoms with Crippen molar-refractivity contribution in [3.8, 4) is 0 Å². The van der Waals surface area contributed by atoms with E-state index >= 15 is 0 Å². The average Bonchev–Trinajstić information content (AvgIpc) is 1.97. The molecule has 0 aliphatic heterocycles. The maximum atomic E-state index is 2.27. The number of rotatable bonds is 7. The van der Waals surface area contributed by atoms with Gasteiger partial charge in [-0.3, -0.25) is 0 Å². The Labute approximate surface area is 67.6 Å². The summed E-state index contributed by atoms with van der Waals surface area (Å²) in [7, 11) is 4.54. The second-order valence-electron chi connectivity index (χ2n) is 3.12. The van der Waals surface area contributed by atoms with Crippen LogP contribution in [-0.2, 0) is 0 Å². The lowest BCUT2D eigenvalue weighted by atomic mass is 9.96. The van der Waals surface area contributed by atoms with E-state index in [1.54, 1.807) is 0 Å². The lowest BCUT2D eigenvalue weighted by molar-refractivity contribution is 0.624. The molecule has 0 unspecified atom stereocenters. The van der Waals surface area contributed by atoms with Gasteiger partial charge in [0.25, 0.3) is 0 Å². The van der Waals surface area contributed by atoms with Crippen LogP contribution in [0.15, 0.2) is 0 Å². The molecular weight excluding hydrogens is 118 g/mol. The fourth-order valence-corrected chi connectivity index (χ4v) is 1.21. The molecule has 0 aliphatic rings. The van der Waals surface area contributed by atoms with Crippen LogP contribution >= 0.6 is 0 Å². The number of hydrogen-bond acceptors (Lipinski definition) is 0. The van der Waals surface area contributed by atoms with Gasteiger partial charge in [-0.05, 0) is 0 Å². The molecule has 0 spiro atoms. The Kier molecular flexibility index (Phi) is 9.25. The summed E-state index contributed by atoms with van der Waals surface area (Å²) in [5.74, 6) is 0. The van der Waals surface area contributed by atoms with E-state index in [4.69, 9.17) is 0 Å². The SMILES string of the molecule is BCCCCCCCCB. The molecule has 0 saturated carbocycles. The summed E-state index contributed by atoms with van der Waals surface area (Å²) in [6.45, 7) is 0. The fourth-order valence-electron chi connectivity index (χ4n) is 1.21. The van der Waals surface area contributed by atoms with Crippen molar-refractivity contribution in [3.63, 3.8) is 0 Å². The lowest BCUT2D eigenvalue weighted by Gasteiger charge is -1.97. The second-order valence-corrected chi connectivity index (χ2v) is 3.12. The van der Waals surface area contributed by atoms with E-state index in [1.807, 2.05) is 0 Å². The summed E-state index contributed by atoms with van der Waals surface area (Å²) in [6.07, 6.45) is 11.5. The van der Waals surface area contributed by atoms with Gasteiger partial charge in [0.1, 0.15) is 15.7 Å². The van der Waals surface area contributed by atoms with Crippen molar-refractivity contribution in [2.24, 2.45) is 0 Å². The molecule has 0 amide bonds. The lowest BCUT2D eigenvalue weighted by Crippen LogP contribution is -1.79. The fraction of sp³-hybridized carbons (Fsp3) is 1.00. The first kappa shape index (κ1) is 10.1. The highest BCUT2D eigenvalue weighted by Crippen LogP contribution is 2.06. The highest BCUT2D eigenvalue weighted by Gasteiger charge is 1.87. The molecule has 0 bridgehead atoms. The predicted octanol–water partition coefficient (Wildman–Crippen LogP) is 1.43. The molecule has 58 valence electrons. The molecule has 0 aliphatic carbocycles. The number of hydrogen-bond donors (Lipinski definition) is 0. The smallest absolute Gasteiger partial charge is 0.0811 e. The Morgan fingerprint density at radius 2 is 0.800 bits per heavy atom. The Bertz CT molecular complexity index is 47.2. The molecule has 0 rings (SSSR count). The molecular formula is C8H20B2. The van der Waals surface area contributed by atoms with Gasteiger partial charge in [0.05, 0.1) is 0 Å². The van der Waals surface area contributed by atoms with Crippen LogP contribution in [0.3, 0.4) is 0 Å². The van der Waals surface area contributed by atoms with E-state index in [0.717, 1.165) is 0 Å². The van der Waals surface area contributed by atoms with Crippen molar-refractivity contribution < 1.29 is 0 Å². The van der Waals surface area contributed by atoms with Gasteiger partial charge < -0.3 is 0 Å². The third kappa shape index (κ3) is 8.13. The van der Waals surface area contributed by atoms with E-state index in [9.17, 15) is 0 Å². The zero-order valence-electron chi connectivity index (χ0n) is 7.66. The summed E-state index contributed by atoms with van der Waals surface area (Å²) in [5.41, 5.74) is 0. The highest BCUT2D eigenvalue weighted by atomic mass is 13.9. The van der Waals surface area contributed by atoms with Gasteiger partial charge in [-0.15, -0.1) is 0 Å². The average molecular weight is 138 g/mol. The predicted molar refractivity (Wildman–Crippen MR) is 54.4 cm³/mol.